The molecule has 0 unspecified atom stereocenters. The number of methoxy groups -OCH3 is 1. The Kier molecular flexibility index (Phi) is 6.34. The zero-order chi connectivity index (χ0) is 26.4. The summed E-state index contributed by atoms with van der Waals surface area (Å²) in [6, 6.07) is 12.0. The molecule has 9 heteroatoms. The predicted molar refractivity (Wildman–Crippen MR) is 139 cm³/mol. The average molecular weight is 491 g/mol. The van der Waals surface area contributed by atoms with Crippen LogP contribution >= 0.6 is 0 Å². The van der Waals surface area contributed by atoms with Crippen LogP contribution in [0.3, 0.4) is 0 Å². The van der Waals surface area contributed by atoms with Crippen LogP contribution in [0.1, 0.15) is 45.0 Å². The lowest BCUT2D eigenvalue weighted by atomic mass is 10.1. The van der Waals surface area contributed by atoms with Crippen LogP contribution in [0.4, 0.5) is 10.6 Å². The summed E-state index contributed by atoms with van der Waals surface area (Å²) in [6.07, 6.45) is -0.543. The van der Waals surface area contributed by atoms with Gasteiger partial charge in [-0.15, -0.1) is 0 Å². The van der Waals surface area contributed by atoms with Crippen molar-refractivity contribution in [2.75, 3.05) is 19.1 Å². The standard InChI is InChI=1S/C27H30N4O5/c1-15(2)30(6)24-23(28-19-10-8-16(25(32)33)13-20(19)29-24)22-14-17-12-18(35-7)9-11-21(17)31(22)26(34)36-27(3,4)5/h8-15H,1-7H3,(H,32,33). The summed E-state index contributed by atoms with van der Waals surface area (Å²) in [5.41, 5.74) is 1.99. The SMILES string of the molecule is COc1ccc2c(c1)cc(-c1nc3ccc(C(=O)O)cc3nc1N(C)C(C)C)n2C(=O)OC(C)(C)C. The molecule has 0 atom stereocenters. The van der Waals surface area contributed by atoms with Crippen molar-refractivity contribution in [1.29, 1.82) is 0 Å². The number of hydrogen-bond acceptors (Lipinski definition) is 7. The van der Waals surface area contributed by atoms with Gasteiger partial charge >= 0.3 is 12.1 Å². The van der Waals surface area contributed by atoms with Crippen LogP contribution < -0.4 is 9.64 Å². The van der Waals surface area contributed by atoms with E-state index in [-0.39, 0.29) is 11.6 Å². The van der Waals surface area contributed by atoms with E-state index in [1.807, 2.05) is 58.7 Å². The quantitative estimate of drug-likeness (QED) is 0.386. The monoisotopic (exact) mass is 490 g/mol. The zero-order valence-electron chi connectivity index (χ0n) is 21.5. The minimum absolute atomic E-state index is 0.0533. The molecule has 2 aromatic carbocycles. The third kappa shape index (κ3) is 4.68. The fourth-order valence-electron chi connectivity index (χ4n) is 3.84. The molecule has 2 aromatic heterocycles. The van der Waals surface area contributed by atoms with Gasteiger partial charge in [0, 0.05) is 18.5 Å². The van der Waals surface area contributed by atoms with E-state index in [0.29, 0.717) is 39.5 Å². The van der Waals surface area contributed by atoms with Crippen molar-refractivity contribution >= 4 is 39.8 Å². The van der Waals surface area contributed by atoms with Crippen molar-refractivity contribution in [3.8, 4) is 17.1 Å². The van der Waals surface area contributed by atoms with Gasteiger partial charge in [0.2, 0.25) is 0 Å². The van der Waals surface area contributed by atoms with Crippen molar-refractivity contribution in [1.82, 2.24) is 14.5 Å². The van der Waals surface area contributed by atoms with E-state index in [9.17, 15) is 14.7 Å². The second-order valence-electron chi connectivity index (χ2n) is 9.88. The van der Waals surface area contributed by atoms with Gasteiger partial charge in [0.1, 0.15) is 17.0 Å². The number of anilines is 1. The zero-order valence-corrected chi connectivity index (χ0v) is 21.5. The Hall–Kier alpha value is -4.14. The maximum absolute atomic E-state index is 13.5. The minimum Gasteiger partial charge on any atom is -0.497 e. The number of aromatic nitrogens is 3. The lowest BCUT2D eigenvalue weighted by molar-refractivity contribution is 0.0546. The first-order chi connectivity index (χ1) is 16.9. The molecule has 0 saturated carbocycles. The van der Waals surface area contributed by atoms with Gasteiger partial charge in [-0.3, -0.25) is 0 Å². The highest BCUT2D eigenvalue weighted by Gasteiger charge is 2.27. The molecule has 0 amide bonds. The van der Waals surface area contributed by atoms with Crippen LogP contribution in [-0.4, -0.2) is 57.5 Å². The number of fused-ring (bicyclic) bond motifs is 2. The fraction of sp³-hybridized carbons (Fsp3) is 0.333. The van der Waals surface area contributed by atoms with Crippen molar-refractivity contribution in [3.05, 3.63) is 48.0 Å². The van der Waals surface area contributed by atoms with Gasteiger partial charge in [0.25, 0.3) is 0 Å². The van der Waals surface area contributed by atoms with Crippen molar-refractivity contribution in [2.24, 2.45) is 0 Å². The first kappa shape index (κ1) is 25.0. The molecular weight excluding hydrogens is 460 g/mol. The molecule has 9 nitrogen and oxygen atoms in total. The normalized spacial score (nSPS) is 11.8. The van der Waals surface area contributed by atoms with Crippen LogP contribution in [0, 0.1) is 0 Å². The van der Waals surface area contributed by atoms with Crippen LogP contribution in [-0.2, 0) is 4.74 Å². The largest absolute Gasteiger partial charge is 0.497 e. The predicted octanol–water partition coefficient (Wildman–Crippen LogP) is 5.59. The van der Waals surface area contributed by atoms with Gasteiger partial charge in [0.15, 0.2) is 5.82 Å². The van der Waals surface area contributed by atoms with E-state index >= 15 is 0 Å². The Morgan fingerprint density at radius 2 is 1.75 bits per heavy atom. The Balaban J connectivity index is 2.05. The number of hydrogen-bond donors (Lipinski definition) is 1. The van der Waals surface area contributed by atoms with Gasteiger partial charge < -0.3 is 19.5 Å². The Morgan fingerprint density at radius 1 is 1.03 bits per heavy atom. The number of carbonyl (C=O) groups is 2. The highest BCUT2D eigenvalue weighted by molar-refractivity contribution is 5.99. The van der Waals surface area contributed by atoms with E-state index < -0.39 is 17.7 Å². The second kappa shape index (κ2) is 9.14. The number of carboxylic acids is 1. The first-order valence-corrected chi connectivity index (χ1v) is 11.6. The van der Waals surface area contributed by atoms with Gasteiger partial charge in [0.05, 0.1) is 34.9 Å². The fourth-order valence-corrected chi connectivity index (χ4v) is 3.84. The third-order valence-corrected chi connectivity index (χ3v) is 5.83. The van der Waals surface area contributed by atoms with Crippen molar-refractivity contribution in [2.45, 2.75) is 46.3 Å². The van der Waals surface area contributed by atoms with Crippen LogP contribution in [0.15, 0.2) is 42.5 Å². The van der Waals surface area contributed by atoms with Gasteiger partial charge in [-0.2, -0.15) is 0 Å². The summed E-state index contributed by atoms with van der Waals surface area (Å²) in [4.78, 5) is 36.6. The average Bonchev–Trinajstić information content (AvgIpc) is 3.19. The maximum atomic E-state index is 13.5. The molecule has 0 fully saturated rings. The molecule has 4 aromatic rings. The molecule has 0 aliphatic rings. The number of carboxylic acid groups (broad SMARTS) is 1. The Labute approximate surface area is 209 Å². The van der Waals surface area contributed by atoms with Crippen molar-refractivity contribution in [3.63, 3.8) is 0 Å². The van der Waals surface area contributed by atoms with E-state index in [0.717, 1.165) is 5.39 Å². The molecule has 1 N–H and O–H groups in total. The van der Waals surface area contributed by atoms with Gasteiger partial charge in [-0.05, 0) is 77.1 Å². The van der Waals surface area contributed by atoms with E-state index in [4.69, 9.17) is 19.4 Å². The van der Waals surface area contributed by atoms with E-state index in [1.54, 1.807) is 25.3 Å². The van der Waals surface area contributed by atoms with Crippen LogP contribution in [0.5, 0.6) is 5.75 Å². The molecule has 188 valence electrons. The summed E-state index contributed by atoms with van der Waals surface area (Å²) in [7, 11) is 3.47. The number of benzene rings is 2. The van der Waals surface area contributed by atoms with Crippen LogP contribution in [0.25, 0.3) is 33.3 Å². The first-order valence-electron chi connectivity index (χ1n) is 11.6. The third-order valence-electron chi connectivity index (χ3n) is 5.83. The summed E-state index contributed by atoms with van der Waals surface area (Å²) in [5.74, 6) is 0.126. The molecule has 0 aliphatic heterocycles. The molecule has 0 spiro atoms. The molecule has 0 radical (unpaired) electrons. The highest BCUT2D eigenvalue weighted by atomic mass is 16.6. The Bertz CT molecular complexity index is 1480. The Morgan fingerprint density at radius 3 is 2.36 bits per heavy atom. The van der Waals surface area contributed by atoms with E-state index in [2.05, 4.69) is 0 Å². The summed E-state index contributed by atoms with van der Waals surface area (Å²) < 4.78 is 12.6. The molecule has 36 heavy (non-hydrogen) atoms. The van der Waals surface area contributed by atoms with E-state index in [1.165, 1.54) is 16.7 Å². The molecule has 2 heterocycles. The van der Waals surface area contributed by atoms with Gasteiger partial charge in [-0.1, -0.05) is 0 Å². The molecule has 0 aliphatic carbocycles. The smallest absolute Gasteiger partial charge is 0.419 e. The number of ether oxygens (including phenoxy) is 2. The molecule has 0 saturated heterocycles. The van der Waals surface area contributed by atoms with Gasteiger partial charge in [-0.25, -0.2) is 24.1 Å². The lowest BCUT2D eigenvalue weighted by Crippen LogP contribution is -2.29. The molecule has 4 rings (SSSR count). The number of carbonyl (C=O) groups excluding carboxylic acids is 1. The highest BCUT2D eigenvalue weighted by Crippen LogP contribution is 2.36. The lowest BCUT2D eigenvalue weighted by Gasteiger charge is -2.26. The summed E-state index contributed by atoms with van der Waals surface area (Å²) in [5, 5.41) is 10.2. The number of rotatable bonds is 5. The number of nitrogens with zero attached hydrogens (tertiary/aromatic N) is 4. The summed E-state index contributed by atoms with van der Waals surface area (Å²) in [6.45, 7) is 9.46. The number of aromatic carboxylic acids is 1. The molecular formula is C27H30N4O5. The second-order valence-corrected chi connectivity index (χ2v) is 9.88. The minimum atomic E-state index is -1.04. The van der Waals surface area contributed by atoms with Crippen molar-refractivity contribution < 1.29 is 24.2 Å². The van der Waals surface area contributed by atoms with Crippen LogP contribution in [0.2, 0.25) is 0 Å². The summed E-state index contributed by atoms with van der Waals surface area (Å²) >= 11 is 0. The topological polar surface area (TPSA) is 107 Å². The molecule has 0 bridgehead atoms. The maximum Gasteiger partial charge on any atom is 0.419 e.